The van der Waals surface area contributed by atoms with Crippen LogP contribution < -0.4 is 4.74 Å². The molecule has 0 N–H and O–H groups in total. The van der Waals surface area contributed by atoms with Crippen molar-refractivity contribution >= 4 is 16.9 Å². The number of nitrogens with zero attached hydrogens (tertiary/aromatic N) is 1. The summed E-state index contributed by atoms with van der Waals surface area (Å²) >= 11 is 0. The normalized spacial score (nSPS) is 12.6. The highest BCUT2D eigenvalue weighted by atomic mass is 16.6. The predicted octanol–water partition coefficient (Wildman–Crippen LogP) is 3.94. The Balaban J connectivity index is 2.39. The highest BCUT2D eigenvalue weighted by Gasteiger charge is 2.26. The highest BCUT2D eigenvalue weighted by molar-refractivity contribution is 5.88. The smallest absolute Gasteiger partial charge is 0.347 e. The Labute approximate surface area is 132 Å². The van der Waals surface area contributed by atoms with Crippen LogP contribution in [0.4, 0.5) is 0 Å². The van der Waals surface area contributed by atoms with Gasteiger partial charge >= 0.3 is 5.97 Å². The topological polar surface area (TPSA) is 40.5 Å². The first-order valence-electron chi connectivity index (χ1n) is 7.91. The molecule has 0 aliphatic carbocycles. The molecule has 0 saturated carbocycles. The molecule has 0 spiro atoms. The third-order valence-electron chi connectivity index (χ3n) is 3.81. The third-order valence-corrected chi connectivity index (χ3v) is 3.81. The fraction of sp³-hybridized carbons (Fsp3) is 0.500. The van der Waals surface area contributed by atoms with Crippen molar-refractivity contribution in [2.45, 2.75) is 47.3 Å². The van der Waals surface area contributed by atoms with E-state index in [0.29, 0.717) is 6.61 Å². The molecular formula is C18H25NO3. The maximum absolute atomic E-state index is 12.1. The molecule has 0 fully saturated rings. The van der Waals surface area contributed by atoms with E-state index < -0.39 is 6.10 Å². The fourth-order valence-corrected chi connectivity index (χ4v) is 2.73. The summed E-state index contributed by atoms with van der Waals surface area (Å²) in [5.74, 6) is 0.476. The van der Waals surface area contributed by atoms with Crippen molar-refractivity contribution in [2.24, 2.45) is 5.92 Å². The number of benzene rings is 1. The minimum Gasteiger partial charge on any atom is -0.478 e. The van der Waals surface area contributed by atoms with Crippen LogP contribution in [0.1, 0.15) is 33.4 Å². The van der Waals surface area contributed by atoms with Crippen LogP contribution in [0.2, 0.25) is 0 Å². The number of hydrogen-bond acceptors (Lipinski definition) is 3. The van der Waals surface area contributed by atoms with Crippen LogP contribution in [0.5, 0.6) is 5.75 Å². The molecule has 2 rings (SSSR count). The molecule has 0 amide bonds. The molecule has 1 heterocycles. The fourth-order valence-electron chi connectivity index (χ4n) is 2.73. The zero-order valence-corrected chi connectivity index (χ0v) is 14.1. The number of rotatable bonds is 6. The predicted molar refractivity (Wildman–Crippen MR) is 88.2 cm³/mol. The maximum atomic E-state index is 12.1. The second-order valence-corrected chi connectivity index (χ2v) is 5.75. The molecule has 0 radical (unpaired) electrons. The molecular weight excluding hydrogens is 278 g/mol. The number of carbonyl (C=O) groups is 1. The van der Waals surface area contributed by atoms with Crippen molar-refractivity contribution in [2.75, 3.05) is 6.61 Å². The summed E-state index contributed by atoms with van der Waals surface area (Å²) in [5, 5.41) is 1.04. The molecule has 1 unspecified atom stereocenters. The minimum atomic E-state index is -0.587. The first kappa shape index (κ1) is 16.4. The molecule has 2 aromatic rings. The lowest BCUT2D eigenvalue weighted by molar-refractivity contribution is -0.153. The summed E-state index contributed by atoms with van der Waals surface area (Å²) in [4.78, 5) is 12.1. The first-order valence-corrected chi connectivity index (χ1v) is 7.91. The standard InChI is InChI=1S/C18H25NO3/c1-6-19-13(5)11-14-15(19)9-8-10-16(14)22-17(12(3)4)18(20)21-7-2/h8-12,17H,6-7H2,1-5H3. The summed E-state index contributed by atoms with van der Waals surface area (Å²) in [6.07, 6.45) is -0.587. The summed E-state index contributed by atoms with van der Waals surface area (Å²) in [6.45, 7) is 11.2. The number of esters is 1. The Hall–Kier alpha value is -1.97. The first-order chi connectivity index (χ1) is 10.5. The average Bonchev–Trinajstić information content (AvgIpc) is 2.80. The van der Waals surface area contributed by atoms with Crippen LogP contribution in [0.3, 0.4) is 0 Å². The van der Waals surface area contributed by atoms with E-state index in [-0.39, 0.29) is 11.9 Å². The molecule has 0 bridgehead atoms. The van der Waals surface area contributed by atoms with Gasteiger partial charge in [0.05, 0.1) is 12.1 Å². The molecule has 1 atom stereocenters. The van der Waals surface area contributed by atoms with Crippen LogP contribution in [-0.2, 0) is 16.1 Å². The van der Waals surface area contributed by atoms with E-state index in [0.717, 1.165) is 23.2 Å². The zero-order chi connectivity index (χ0) is 16.3. The van der Waals surface area contributed by atoms with E-state index in [9.17, 15) is 4.79 Å². The summed E-state index contributed by atoms with van der Waals surface area (Å²) in [7, 11) is 0. The Morgan fingerprint density at radius 1 is 1.27 bits per heavy atom. The lowest BCUT2D eigenvalue weighted by atomic mass is 10.1. The van der Waals surface area contributed by atoms with E-state index in [1.54, 1.807) is 6.92 Å². The van der Waals surface area contributed by atoms with Crippen molar-refractivity contribution in [3.8, 4) is 5.75 Å². The number of aryl methyl sites for hydroxylation is 2. The van der Waals surface area contributed by atoms with Crippen LogP contribution in [0, 0.1) is 12.8 Å². The number of hydrogen-bond donors (Lipinski definition) is 0. The van der Waals surface area contributed by atoms with E-state index in [2.05, 4.69) is 30.5 Å². The largest absolute Gasteiger partial charge is 0.478 e. The van der Waals surface area contributed by atoms with E-state index in [1.807, 2.05) is 26.0 Å². The Kier molecular flexibility index (Phi) is 5.11. The van der Waals surface area contributed by atoms with E-state index in [1.165, 1.54) is 5.69 Å². The maximum Gasteiger partial charge on any atom is 0.347 e. The van der Waals surface area contributed by atoms with Gasteiger partial charge in [0.1, 0.15) is 5.75 Å². The Bertz CT molecular complexity index is 658. The van der Waals surface area contributed by atoms with Gasteiger partial charge in [-0.25, -0.2) is 4.79 Å². The van der Waals surface area contributed by atoms with E-state index >= 15 is 0 Å². The zero-order valence-electron chi connectivity index (χ0n) is 14.1. The average molecular weight is 303 g/mol. The van der Waals surface area contributed by atoms with Gasteiger partial charge < -0.3 is 14.0 Å². The molecule has 1 aromatic heterocycles. The van der Waals surface area contributed by atoms with Gasteiger partial charge in [-0.05, 0) is 39.0 Å². The van der Waals surface area contributed by atoms with Gasteiger partial charge in [-0.1, -0.05) is 19.9 Å². The third kappa shape index (κ3) is 3.11. The molecule has 0 aliphatic heterocycles. The van der Waals surface area contributed by atoms with Crippen molar-refractivity contribution in [3.63, 3.8) is 0 Å². The molecule has 1 aromatic carbocycles. The van der Waals surface area contributed by atoms with Crippen molar-refractivity contribution in [1.29, 1.82) is 0 Å². The molecule has 4 heteroatoms. The minimum absolute atomic E-state index is 0.0451. The van der Waals surface area contributed by atoms with Gasteiger partial charge in [0.15, 0.2) is 6.10 Å². The van der Waals surface area contributed by atoms with Gasteiger partial charge in [-0.15, -0.1) is 0 Å². The van der Waals surface area contributed by atoms with Crippen LogP contribution in [-0.4, -0.2) is 23.2 Å². The van der Waals surface area contributed by atoms with Crippen molar-refractivity contribution in [3.05, 3.63) is 30.0 Å². The number of aromatic nitrogens is 1. The second-order valence-electron chi connectivity index (χ2n) is 5.75. The van der Waals surface area contributed by atoms with Crippen LogP contribution in [0.15, 0.2) is 24.3 Å². The summed E-state index contributed by atoms with van der Waals surface area (Å²) in [5.41, 5.74) is 2.31. The molecule has 0 aliphatic rings. The number of fused-ring (bicyclic) bond motifs is 1. The lowest BCUT2D eigenvalue weighted by Gasteiger charge is -2.21. The molecule has 22 heavy (non-hydrogen) atoms. The van der Waals surface area contributed by atoms with Gasteiger partial charge in [-0.2, -0.15) is 0 Å². The van der Waals surface area contributed by atoms with E-state index in [4.69, 9.17) is 9.47 Å². The monoisotopic (exact) mass is 303 g/mol. The number of carbonyl (C=O) groups excluding carboxylic acids is 1. The van der Waals surface area contributed by atoms with Gasteiger partial charge in [0, 0.05) is 23.5 Å². The highest BCUT2D eigenvalue weighted by Crippen LogP contribution is 2.30. The van der Waals surface area contributed by atoms with Gasteiger partial charge in [0.25, 0.3) is 0 Å². The molecule has 0 saturated heterocycles. The second kappa shape index (κ2) is 6.86. The SMILES string of the molecule is CCOC(=O)C(Oc1cccc2c1cc(C)n2CC)C(C)C. The summed E-state index contributed by atoms with van der Waals surface area (Å²) < 4.78 is 13.4. The van der Waals surface area contributed by atoms with Crippen LogP contribution >= 0.6 is 0 Å². The molecule has 120 valence electrons. The van der Waals surface area contributed by atoms with Crippen molar-refractivity contribution < 1.29 is 14.3 Å². The Morgan fingerprint density at radius 3 is 2.59 bits per heavy atom. The van der Waals surface area contributed by atoms with Gasteiger partial charge in [0.2, 0.25) is 0 Å². The van der Waals surface area contributed by atoms with Gasteiger partial charge in [-0.3, -0.25) is 0 Å². The number of ether oxygens (including phenoxy) is 2. The van der Waals surface area contributed by atoms with Crippen LogP contribution in [0.25, 0.3) is 10.9 Å². The van der Waals surface area contributed by atoms with Crippen molar-refractivity contribution in [1.82, 2.24) is 4.57 Å². The quantitative estimate of drug-likeness (QED) is 0.759. The molecule has 4 nitrogen and oxygen atoms in total. The summed E-state index contributed by atoms with van der Waals surface area (Å²) in [6, 6.07) is 8.06. The Morgan fingerprint density at radius 2 is 2.00 bits per heavy atom. The lowest BCUT2D eigenvalue weighted by Crippen LogP contribution is -2.34.